The third kappa shape index (κ3) is 4.57. The molecule has 1 heterocycles. The van der Waals surface area contributed by atoms with Crippen LogP contribution in [-0.2, 0) is 19.6 Å². The highest BCUT2D eigenvalue weighted by Gasteiger charge is 2.15. The molecule has 0 saturated carbocycles. The van der Waals surface area contributed by atoms with Gasteiger partial charge >= 0.3 is 0 Å². The molecule has 0 bridgehead atoms. The molecule has 13 heavy (non-hydrogen) atoms. The second-order valence-electron chi connectivity index (χ2n) is 3.28. The summed E-state index contributed by atoms with van der Waals surface area (Å²) in [5, 5.41) is 4.60. The Kier molecular flexibility index (Phi) is 5.31. The Hall–Kier alpha value is -0.160. The Balaban J connectivity index is 1.98. The normalized spacial score (nSPS) is 25.8. The van der Waals surface area contributed by atoms with Crippen molar-refractivity contribution in [1.29, 1.82) is 0 Å². The molecule has 1 aliphatic heterocycles. The van der Waals surface area contributed by atoms with Gasteiger partial charge in [-0.15, -0.1) is 0 Å². The summed E-state index contributed by atoms with van der Waals surface area (Å²) in [7, 11) is 0. The Morgan fingerprint density at radius 3 is 2.92 bits per heavy atom. The zero-order chi connectivity index (χ0) is 9.52. The third-order valence-electron chi connectivity index (χ3n) is 2.06. The van der Waals surface area contributed by atoms with Crippen molar-refractivity contribution in [3.8, 4) is 0 Å². The van der Waals surface area contributed by atoms with Gasteiger partial charge in [-0.05, 0) is 26.2 Å². The Bertz CT molecular complexity index is 123. The van der Waals surface area contributed by atoms with E-state index < -0.39 is 0 Å². The number of rotatable bonds is 5. The van der Waals surface area contributed by atoms with Gasteiger partial charge in [0.15, 0.2) is 6.29 Å². The van der Waals surface area contributed by atoms with Gasteiger partial charge in [0.2, 0.25) is 0 Å². The van der Waals surface area contributed by atoms with E-state index in [4.69, 9.17) is 14.5 Å². The van der Waals surface area contributed by atoms with Gasteiger partial charge in [0, 0.05) is 13.0 Å². The summed E-state index contributed by atoms with van der Waals surface area (Å²) < 4.78 is 5.27. The van der Waals surface area contributed by atoms with Crippen molar-refractivity contribution < 1.29 is 19.6 Å². The molecule has 2 atom stereocenters. The van der Waals surface area contributed by atoms with Crippen LogP contribution < -0.4 is 0 Å². The fourth-order valence-electron chi connectivity index (χ4n) is 0.989. The van der Waals surface area contributed by atoms with Crippen molar-refractivity contribution in [1.82, 2.24) is 0 Å². The second-order valence-corrected chi connectivity index (χ2v) is 3.28. The molecule has 1 rings (SSSR count). The molecule has 0 amide bonds. The van der Waals surface area contributed by atoms with Crippen LogP contribution in [0.3, 0.4) is 0 Å². The average Bonchev–Trinajstić information content (AvgIpc) is 2.19. The molecule has 0 N–H and O–H groups in total. The van der Waals surface area contributed by atoms with Crippen LogP contribution in [0.25, 0.3) is 0 Å². The molecule has 0 radical (unpaired) electrons. The maximum absolute atomic E-state index is 5.27. The van der Waals surface area contributed by atoms with Crippen molar-refractivity contribution in [2.24, 2.45) is 0 Å². The third-order valence-corrected chi connectivity index (χ3v) is 2.06. The first-order chi connectivity index (χ1) is 6.33. The van der Waals surface area contributed by atoms with Crippen LogP contribution in [0, 0.1) is 0 Å². The highest BCUT2D eigenvalue weighted by Crippen LogP contribution is 2.14. The molecular formula is C9H18O4. The van der Waals surface area contributed by atoms with Crippen molar-refractivity contribution in [3.05, 3.63) is 0 Å². The van der Waals surface area contributed by atoms with Gasteiger partial charge in [-0.25, -0.2) is 4.89 Å². The summed E-state index contributed by atoms with van der Waals surface area (Å²) in [6.45, 7) is 4.69. The molecule has 1 aliphatic rings. The minimum absolute atomic E-state index is 0.0589. The van der Waals surface area contributed by atoms with Crippen LogP contribution in [0.5, 0.6) is 0 Å². The van der Waals surface area contributed by atoms with Crippen molar-refractivity contribution in [2.45, 2.75) is 51.9 Å². The predicted octanol–water partition coefficient (Wildman–Crippen LogP) is 2.19. The van der Waals surface area contributed by atoms with E-state index in [9.17, 15) is 0 Å². The van der Waals surface area contributed by atoms with E-state index in [1.54, 1.807) is 0 Å². The van der Waals surface area contributed by atoms with Crippen LogP contribution in [0.2, 0.25) is 0 Å². The van der Waals surface area contributed by atoms with Gasteiger partial charge in [-0.3, -0.25) is 0 Å². The molecule has 0 aromatic carbocycles. The standard InChI is InChI=1S/C9H18O4/c1-3-8(2)11-13-12-9-6-4-5-7-10-9/h8-9H,3-7H2,1-2H3. The number of hydrogen-bond acceptors (Lipinski definition) is 4. The number of hydrogen-bond donors (Lipinski definition) is 0. The van der Waals surface area contributed by atoms with Gasteiger partial charge in [0.05, 0.1) is 6.10 Å². The van der Waals surface area contributed by atoms with Gasteiger partial charge in [0.25, 0.3) is 0 Å². The van der Waals surface area contributed by atoms with E-state index >= 15 is 0 Å². The topological polar surface area (TPSA) is 36.9 Å². The highest BCUT2D eigenvalue weighted by atomic mass is 17.5. The van der Waals surface area contributed by atoms with Gasteiger partial charge in [-0.1, -0.05) is 12.0 Å². The average molecular weight is 190 g/mol. The molecule has 78 valence electrons. The first kappa shape index (κ1) is 10.9. The number of ether oxygens (including phenoxy) is 1. The molecule has 4 heteroatoms. The van der Waals surface area contributed by atoms with Crippen LogP contribution in [0.4, 0.5) is 0 Å². The summed E-state index contributed by atoms with van der Waals surface area (Å²) in [6.07, 6.45) is 3.81. The van der Waals surface area contributed by atoms with E-state index in [1.165, 1.54) is 0 Å². The maximum Gasteiger partial charge on any atom is 0.194 e. The van der Waals surface area contributed by atoms with Crippen molar-refractivity contribution in [3.63, 3.8) is 0 Å². The fraction of sp³-hybridized carbons (Fsp3) is 1.00. The van der Waals surface area contributed by atoms with E-state index in [0.717, 1.165) is 32.3 Å². The SMILES string of the molecule is CCC(C)OOOC1CCCCO1. The fourth-order valence-corrected chi connectivity index (χ4v) is 0.989. The highest BCUT2D eigenvalue weighted by molar-refractivity contribution is 4.51. The first-order valence-electron chi connectivity index (χ1n) is 4.93. The summed E-state index contributed by atoms with van der Waals surface area (Å²) >= 11 is 0. The molecule has 0 aromatic heterocycles. The molecule has 2 unspecified atom stereocenters. The lowest BCUT2D eigenvalue weighted by Gasteiger charge is -2.21. The summed E-state index contributed by atoms with van der Waals surface area (Å²) in [5.41, 5.74) is 0. The molecule has 0 spiro atoms. The van der Waals surface area contributed by atoms with E-state index in [-0.39, 0.29) is 12.4 Å². The molecule has 1 saturated heterocycles. The minimum Gasteiger partial charge on any atom is -0.350 e. The Labute approximate surface area is 79.0 Å². The van der Waals surface area contributed by atoms with Crippen LogP contribution >= 0.6 is 0 Å². The predicted molar refractivity (Wildman–Crippen MR) is 46.6 cm³/mol. The zero-order valence-corrected chi connectivity index (χ0v) is 8.32. The molecule has 0 aromatic rings. The molecule has 0 aliphatic carbocycles. The summed E-state index contributed by atoms with van der Waals surface area (Å²) in [4.78, 5) is 9.80. The Morgan fingerprint density at radius 1 is 1.46 bits per heavy atom. The van der Waals surface area contributed by atoms with Gasteiger partial charge < -0.3 is 4.74 Å². The molecular weight excluding hydrogens is 172 g/mol. The van der Waals surface area contributed by atoms with Crippen molar-refractivity contribution in [2.75, 3.05) is 6.61 Å². The van der Waals surface area contributed by atoms with E-state index in [2.05, 4.69) is 5.04 Å². The minimum atomic E-state index is -0.252. The summed E-state index contributed by atoms with van der Waals surface area (Å²) in [6, 6.07) is 0. The largest absolute Gasteiger partial charge is 0.350 e. The lowest BCUT2D eigenvalue weighted by Crippen LogP contribution is -2.23. The monoisotopic (exact) mass is 190 g/mol. The quantitative estimate of drug-likeness (QED) is 0.492. The smallest absolute Gasteiger partial charge is 0.194 e. The van der Waals surface area contributed by atoms with E-state index in [0.29, 0.717) is 0 Å². The van der Waals surface area contributed by atoms with Gasteiger partial charge in [-0.2, -0.15) is 4.89 Å². The van der Waals surface area contributed by atoms with E-state index in [1.807, 2.05) is 13.8 Å². The lowest BCUT2D eigenvalue weighted by atomic mass is 10.2. The van der Waals surface area contributed by atoms with Crippen molar-refractivity contribution >= 4 is 0 Å². The zero-order valence-electron chi connectivity index (χ0n) is 8.32. The van der Waals surface area contributed by atoms with Crippen LogP contribution in [0.15, 0.2) is 0 Å². The summed E-state index contributed by atoms with van der Waals surface area (Å²) in [5.74, 6) is 0. The first-order valence-corrected chi connectivity index (χ1v) is 4.93. The second kappa shape index (κ2) is 6.32. The Morgan fingerprint density at radius 2 is 2.31 bits per heavy atom. The van der Waals surface area contributed by atoms with Gasteiger partial charge in [0.1, 0.15) is 0 Å². The van der Waals surface area contributed by atoms with Crippen LogP contribution in [-0.4, -0.2) is 19.0 Å². The van der Waals surface area contributed by atoms with Crippen LogP contribution in [0.1, 0.15) is 39.5 Å². The molecule has 4 nitrogen and oxygen atoms in total. The maximum atomic E-state index is 5.27. The molecule has 1 fully saturated rings. The lowest BCUT2D eigenvalue weighted by molar-refractivity contribution is -0.559.